The number of sulfone groups is 1. The van der Waals surface area contributed by atoms with Gasteiger partial charge in [-0.05, 0) is 52.3 Å². The minimum atomic E-state index is -3.31. The van der Waals surface area contributed by atoms with E-state index in [0.29, 0.717) is 15.7 Å². The summed E-state index contributed by atoms with van der Waals surface area (Å²) in [6.07, 6.45) is 1.12. The molecule has 1 amide bonds. The fourth-order valence-corrected chi connectivity index (χ4v) is 3.57. The number of carbonyl (C=O) groups excluding carboxylic acids is 1. The fraction of sp³-hybridized carbons (Fsp3) is 0.0714. The van der Waals surface area contributed by atoms with Crippen LogP contribution in [0.25, 0.3) is 0 Å². The number of amides is 1. The van der Waals surface area contributed by atoms with Gasteiger partial charge in [-0.15, -0.1) is 0 Å². The quantitative estimate of drug-likeness (QED) is 0.800. The van der Waals surface area contributed by atoms with Gasteiger partial charge < -0.3 is 5.32 Å². The van der Waals surface area contributed by atoms with E-state index in [-0.39, 0.29) is 10.8 Å². The largest absolute Gasteiger partial charge is 0.322 e. The van der Waals surface area contributed by atoms with E-state index in [2.05, 4.69) is 37.2 Å². The van der Waals surface area contributed by atoms with Crippen molar-refractivity contribution in [2.45, 2.75) is 4.90 Å². The first-order chi connectivity index (χ1) is 9.77. The Kier molecular flexibility index (Phi) is 4.85. The Bertz CT molecular complexity index is 804. The molecular weight excluding hydrogens is 422 g/mol. The van der Waals surface area contributed by atoms with E-state index in [0.717, 1.165) is 10.7 Å². The lowest BCUT2D eigenvalue weighted by molar-refractivity contribution is 0.102. The summed E-state index contributed by atoms with van der Waals surface area (Å²) in [5.74, 6) is -0.319. The van der Waals surface area contributed by atoms with Crippen molar-refractivity contribution in [1.82, 2.24) is 0 Å². The third-order valence-corrected chi connectivity index (χ3v) is 4.96. The molecule has 21 heavy (non-hydrogen) atoms. The summed E-state index contributed by atoms with van der Waals surface area (Å²) in [4.78, 5) is 12.4. The predicted molar refractivity (Wildman–Crippen MR) is 89.3 cm³/mol. The minimum Gasteiger partial charge on any atom is -0.322 e. The van der Waals surface area contributed by atoms with E-state index in [1.165, 1.54) is 12.1 Å². The molecule has 0 fully saturated rings. The maximum absolute atomic E-state index is 12.2. The van der Waals surface area contributed by atoms with Gasteiger partial charge in [-0.25, -0.2) is 8.42 Å². The fourth-order valence-electron chi connectivity index (χ4n) is 1.68. The normalized spacial score (nSPS) is 11.2. The molecule has 2 rings (SSSR count). The molecule has 110 valence electrons. The molecule has 0 aliphatic heterocycles. The van der Waals surface area contributed by atoms with Crippen LogP contribution in [0.5, 0.6) is 0 Å². The Morgan fingerprint density at radius 1 is 1.10 bits per heavy atom. The average Bonchev–Trinajstić information content (AvgIpc) is 2.37. The Hall–Kier alpha value is -1.18. The van der Waals surface area contributed by atoms with Crippen molar-refractivity contribution in [3.8, 4) is 0 Å². The molecule has 0 atom stereocenters. The number of carbonyl (C=O) groups is 1. The van der Waals surface area contributed by atoms with Gasteiger partial charge in [0.15, 0.2) is 9.84 Å². The van der Waals surface area contributed by atoms with Gasteiger partial charge in [-0.2, -0.15) is 0 Å². The highest BCUT2D eigenvalue weighted by atomic mass is 79.9. The molecule has 0 bridgehead atoms. The van der Waals surface area contributed by atoms with Crippen LogP contribution in [0, 0.1) is 0 Å². The number of hydrogen-bond acceptors (Lipinski definition) is 3. The number of hydrogen-bond donors (Lipinski definition) is 1. The first-order valence-electron chi connectivity index (χ1n) is 5.84. The minimum absolute atomic E-state index is 0.162. The molecule has 0 saturated heterocycles. The van der Waals surface area contributed by atoms with E-state index in [9.17, 15) is 13.2 Å². The number of rotatable bonds is 3. The topological polar surface area (TPSA) is 63.2 Å². The van der Waals surface area contributed by atoms with Crippen LogP contribution in [-0.2, 0) is 9.84 Å². The van der Waals surface area contributed by atoms with Crippen molar-refractivity contribution < 1.29 is 13.2 Å². The maximum Gasteiger partial charge on any atom is 0.256 e. The van der Waals surface area contributed by atoms with Gasteiger partial charge in [0, 0.05) is 20.9 Å². The molecule has 4 nitrogen and oxygen atoms in total. The Morgan fingerprint density at radius 2 is 1.81 bits per heavy atom. The van der Waals surface area contributed by atoms with E-state index in [4.69, 9.17) is 0 Å². The average molecular weight is 433 g/mol. The molecule has 0 saturated carbocycles. The summed E-state index contributed by atoms with van der Waals surface area (Å²) < 4.78 is 24.5. The number of benzene rings is 2. The molecule has 7 heteroatoms. The van der Waals surface area contributed by atoms with Gasteiger partial charge in [0.05, 0.1) is 10.5 Å². The van der Waals surface area contributed by atoms with Crippen molar-refractivity contribution in [1.29, 1.82) is 0 Å². The number of anilines is 1. The predicted octanol–water partition coefficient (Wildman–Crippen LogP) is 3.87. The van der Waals surface area contributed by atoms with Crippen molar-refractivity contribution >= 4 is 53.3 Å². The molecule has 0 aliphatic carbocycles. The number of halogens is 2. The Labute approximate surface area is 139 Å². The van der Waals surface area contributed by atoms with Crippen LogP contribution in [0.3, 0.4) is 0 Å². The molecule has 0 aromatic heterocycles. The van der Waals surface area contributed by atoms with Crippen molar-refractivity contribution in [3.63, 3.8) is 0 Å². The first kappa shape index (κ1) is 16.2. The van der Waals surface area contributed by atoms with Crippen molar-refractivity contribution in [2.24, 2.45) is 0 Å². The van der Waals surface area contributed by atoms with Crippen LogP contribution >= 0.6 is 31.9 Å². The van der Waals surface area contributed by atoms with Crippen molar-refractivity contribution in [3.05, 3.63) is 57.0 Å². The lowest BCUT2D eigenvalue weighted by Gasteiger charge is -2.08. The Morgan fingerprint density at radius 3 is 2.43 bits per heavy atom. The molecule has 0 spiro atoms. The molecule has 0 radical (unpaired) electrons. The van der Waals surface area contributed by atoms with E-state index >= 15 is 0 Å². The van der Waals surface area contributed by atoms with Gasteiger partial charge in [0.25, 0.3) is 5.91 Å². The second-order valence-corrected chi connectivity index (χ2v) is 8.16. The summed E-state index contributed by atoms with van der Waals surface area (Å²) >= 11 is 6.64. The van der Waals surface area contributed by atoms with Crippen LogP contribution in [0.2, 0.25) is 0 Å². The third kappa shape index (κ3) is 4.15. The SMILES string of the molecule is CS(=O)(=O)c1cccc(NC(=O)c2ccc(Br)cc2Br)c1. The zero-order valence-electron chi connectivity index (χ0n) is 10.9. The standard InChI is InChI=1S/C14H11Br2NO3S/c1-21(19,20)11-4-2-3-10(8-11)17-14(18)12-6-5-9(15)7-13(12)16/h2-8H,1H3,(H,17,18). The molecule has 1 N–H and O–H groups in total. The monoisotopic (exact) mass is 431 g/mol. The maximum atomic E-state index is 12.2. The van der Waals surface area contributed by atoms with Gasteiger partial charge in [-0.3, -0.25) is 4.79 Å². The third-order valence-electron chi connectivity index (χ3n) is 2.70. The summed E-state index contributed by atoms with van der Waals surface area (Å²) in [7, 11) is -3.31. The van der Waals surface area contributed by atoms with Gasteiger partial charge >= 0.3 is 0 Å². The second kappa shape index (κ2) is 6.29. The van der Waals surface area contributed by atoms with Crippen molar-refractivity contribution in [2.75, 3.05) is 11.6 Å². The molecule has 2 aromatic rings. The lowest BCUT2D eigenvalue weighted by Crippen LogP contribution is -2.13. The second-order valence-electron chi connectivity index (χ2n) is 4.38. The van der Waals surface area contributed by atoms with E-state index in [1.807, 2.05) is 0 Å². The van der Waals surface area contributed by atoms with Crippen LogP contribution in [0.15, 0.2) is 56.3 Å². The molecule has 0 unspecified atom stereocenters. The smallest absolute Gasteiger partial charge is 0.256 e. The van der Waals surface area contributed by atoms with Gasteiger partial charge in [-0.1, -0.05) is 22.0 Å². The van der Waals surface area contributed by atoms with Crippen LogP contribution in [0.4, 0.5) is 5.69 Å². The molecule has 0 heterocycles. The summed E-state index contributed by atoms with van der Waals surface area (Å²) in [5.41, 5.74) is 0.890. The van der Waals surface area contributed by atoms with E-state index < -0.39 is 9.84 Å². The molecule has 0 aliphatic rings. The van der Waals surface area contributed by atoms with Crippen LogP contribution in [-0.4, -0.2) is 20.6 Å². The zero-order valence-corrected chi connectivity index (χ0v) is 14.9. The van der Waals surface area contributed by atoms with Gasteiger partial charge in [0.2, 0.25) is 0 Å². The van der Waals surface area contributed by atoms with Crippen LogP contribution < -0.4 is 5.32 Å². The summed E-state index contributed by atoms with van der Waals surface area (Å²) in [5, 5.41) is 2.68. The van der Waals surface area contributed by atoms with Gasteiger partial charge in [0.1, 0.15) is 0 Å². The lowest BCUT2D eigenvalue weighted by atomic mass is 10.2. The summed E-state index contributed by atoms with van der Waals surface area (Å²) in [6, 6.07) is 11.3. The van der Waals surface area contributed by atoms with E-state index in [1.54, 1.807) is 30.3 Å². The highest BCUT2D eigenvalue weighted by Crippen LogP contribution is 2.23. The molecular formula is C14H11Br2NO3S. The molecule has 2 aromatic carbocycles. The zero-order chi connectivity index (χ0) is 15.6. The highest BCUT2D eigenvalue weighted by Gasteiger charge is 2.12. The highest BCUT2D eigenvalue weighted by molar-refractivity contribution is 9.11. The summed E-state index contributed by atoms with van der Waals surface area (Å²) in [6.45, 7) is 0. The van der Waals surface area contributed by atoms with Crippen LogP contribution in [0.1, 0.15) is 10.4 Å². The Balaban J connectivity index is 2.28. The number of nitrogens with one attached hydrogen (secondary N) is 1. The first-order valence-corrected chi connectivity index (χ1v) is 9.31.